The van der Waals surface area contributed by atoms with Gasteiger partial charge >= 0.3 is 0 Å². The summed E-state index contributed by atoms with van der Waals surface area (Å²) in [5.41, 5.74) is 0.710. The number of thiophene rings is 1. The van der Waals surface area contributed by atoms with E-state index in [9.17, 15) is 5.11 Å². The normalized spacial score (nSPS) is 12.5. The van der Waals surface area contributed by atoms with Crippen LogP contribution < -0.4 is 5.32 Å². The molecule has 1 unspecified atom stereocenters. The van der Waals surface area contributed by atoms with Crippen LogP contribution >= 0.6 is 22.9 Å². The highest BCUT2D eigenvalue weighted by Gasteiger charge is 2.13. The van der Waals surface area contributed by atoms with Crippen LogP contribution in [0.2, 0.25) is 5.02 Å². The molecule has 114 valence electrons. The quantitative estimate of drug-likeness (QED) is 0.739. The molecule has 0 amide bonds. The average molecular weight is 334 g/mol. The Bertz CT molecular complexity index is 790. The van der Waals surface area contributed by atoms with E-state index >= 15 is 0 Å². The Morgan fingerprint density at radius 2 is 2.14 bits per heavy atom. The molecule has 0 radical (unpaired) electrons. The van der Waals surface area contributed by atoms with Crippen LogP contribution in [-0.4, -0.2) is 21.6 Å². The van der Waals surface area contributed by atoms with Gasteiger partial charge in [0, 0.05) is 22.0 Å². The van der Waals surface area contributed by atoms with Crippen LogP contribution in [0.1, 0.15) is 23.5 Å². The molecule has 22 heavy (non-hydrogen) atoms. The molecule has 0 bridgehead atoms. The van der Waals surface area contributed by atoms with Crippen molar-refractivity contribution < 1.29 is 5.11 Å². The van der Waals surface area contributed by atoms with Crippen molar-refractivity contribution in [3.63, 3.8) is 0 Å². The maximum Gasteiger partial charge on any atom is 0.138 e. The highest BCUT2D eigenvalue weighted by atomic mass is 35.5. The second-order valence-corrected chi connectivity index (χ2v) is 6.45. The minimum Gasteiger partial charge on any atom is -0.387 e. The number of nitrogens with one attached hydrogen (secondary N) is 1. The lowest BCUT2D eigenvalue weighted by atomic mass is 10.1. The fourth-order valence-corrected chi connectivity index (χ4v) is 3.47. The Hall–Kier alpha value is -1.69. The molecule has 0 fully saturated rings. The van der Waals surface area contributed by atoms with Crippen molar-refractivity contribution in [3.05, 3.63) is 52.1 Å². The third kappa shape index (κ3) is 3.06. The molecule has 1 atom stereocenters. The summed E-state index contributed by atoms with van der Waals surface area (Å²) in [4.78, 5) is 10.8. The van der Waals surface area contributed by atoms with Crippen molar-refractivity contribution in [2.45, 2.75) is 19.4 Å². The van der Waals surface area contributed by atoms with Crippen molar-refractivity contribution >= 4 is 39.0 Å². The first kappa shape index (κ1) is 15.2. The van der Waals surface area contributed by atoms with Gasteiger partial charge in [0.15, 0.2) is 0 Å². The molecule has 0 aliphatic heterocycles. The molecule has 3 aromatic rings. The van der Waals surface area contributed by atoms with Crippen LogP contribution in [0.3, 0.4) is 0 Å². The molecule has 4 nitrogen and oxygen atoms in total. The van der Waals surface area contributed by atoms with Gasteiger partial charge in [-0.15, -0.1) is 11.3 Å². The fraction of sp³-hybridized carbons (Fsp3) is 0.250. The summed E-state index contributed by atoms with van der Waals surface area (Å²) in [7, 11) is 0. The number of hydrogen-bond acceptors (Lipinski definition) is 5. The van der Waals surface area contributed by atoms with Gasteiger partial charge in [0.2, 0.25) is 0 Å². The largest absolute Gasteiger partial charge is 0.387 e. The number of hydrogen-bond donors (Lipinski definition) is 2. The zero-order chi connectivity index (χ0) is 15.5. The standard InChI is InChI=1S/C16H16ClN3OS/c1-2-10-7-12-15(19-9-20-16(12)22-10)18-8-14(21)11-5-3-4-6-13(11)17/h3-7,9,14,21H,2,8H2,1H3,(H,18,19,20). The Balaban J connectivity index is 1.79. The molecule has 1 aromatic carbocycles. The lowest BCUT2D eigenvalue weighted by Gasteiger charge is -2.14. The summed E-state index contributed by atoms with van der Waals surface area (Å²) in [6.45, 7) is 2.46. The van der Waals surface area contributed by atoms with Crippen LogP contribution in [0, 0.1) is 0 Å². The molecule has 0 saturated carbocycles. The van der Waals surface area contributed by atoms with E-state index in [1.54, 1.807) is 23.7 Å². The molecule has 0 aliphatic rings. The van der Waals surface area contributed by atoms with Gasteiger partial charge in [-0.2, -0.15) is 0 Å². The maximum atomic E-state index is 10.3. The number of aromatic nitrogens is 2. The predicted molar refractivity (Wildman–Crippen MR) is 91.7 cm³/mol. The summed E-state index contributed by atoms with van der Waals surface area (Å²) in [6, 6.07) is 9.40. The summed E-state index contributed by atoms with van der Waals surface area (Å²) in [5, 5.41) is 15.1. The number of halogens is 1. The minimum absolute atomic E-state index is 0.340. The van der Waals surface area contributed by atoms with Crippen molar-refractivity contribution in [2.75, 3.05) is 11.9 Å². The number of nitrogens with zero attached hydrogens (tertiary/aromatic N) is 2. The summed E-state index contributed by atoms with van der Waals surface area (Å²) in [5.74, 6) is 0.743. The van der Waals surface area contributed by atoms with E-state index in [1.807, 2.05) is 18.2 Å². The number of aliphatic hydroxyl groups excluding tert-OH is 1. The number of rotatable bonds is 5. The number of benzene rings is 1. The number of aryl methyl sites for hydroxylation is 1. The van der Waals surface area contributed by atoms with E-state index in [4.69, 9.17) is 11.6 Å². The zero-order valence-electron chi connectivity index (χ0n) is 12.1. The molecule has 0 saturated heterocycles. The molecule has 2 N–H and O–H groups in total. The number of anilines is 1. The smallest absolute Gasteiger partial charge is 0.138 e. The Morgan fingerprint density at radius 3 is 2.91 bits per heavy atom. The predicted octanol–water partition coefficient (Wildman–Crippen LogP) is 4.05. The van der Waals surface area contributed by atoms with Crippen molar-refractivity contribution in [1.29, 1.82) is 0 Å². The summed E-state index contributed by atoms with van der Waals surface area (Å²) < 4.78 is 0. The molecule has 0 spiro atoms. The van der Waals surface area contributed by atoms with Gasteiger partial charge in [-0.3, -0.25) is 0 Å². The van der Waals surface area contributed by atoms with Crippen LogP contribution in [0.5, 0.6) is 0 Å². The first-order valence-electron chi connectivity index (χ1n) is 7.08. The lowest BCUT2D eigenvalue weighted by molar-refractivity contribution is 0.191. The van der Waals surface area contributed by atoms with Crippen molar-refractivity contribution in [3.8, 4) is 0 Å². The third-order valence-electron chi connectivity index (χ3n) is 3.46. The molecular formula is C16H16ClN3OS. The second-order valence-electron chi connectivity index (χ2n) is 4.93. The van der Waals surface area contributed by atoms with Gasteiger partial charge in [0.1, 0.15) is 17.0 Å². The van der Waals surface area contributed by atoms with Crippen LogP contribution in [0.25, 0.3) is 10.2 Å². The zero-order valence-corrected chi connectivity index (χ0v) is 13.7. The van der Waals surface area contributed by atoms with Crippen LogP contribution in [0.4, 0.5) is 5.82 Å². The third-order valence-corrected chi connectivity index (χ3v) is 4.99. The van der Waals surface area contributed by atoms with Gasteiger partial charge in [0.05, 0.1) is 11.5 Å². The topological polar surface area (TPSA) is 58.0 Å². The van der Waals surface area contributed by atoms with E-state index in [-0.39, 0.29) is 0 Å². The second kappa shape index (κ2) is 6.60. The first-order chi connectivity index (χ1) is 10.7. The van der Waals surface area contributed by atoms with Gasteiger partial charge in [0.25, 0.3) is 0 Å². The van der Waals surface area contributed by atoms with Crippen molar-refractivity contribution in [2.24, 2.45) is 0 Å². The van der Waals surface area contributed by atoms with E-state index in [0.717, 1.165) is 22.5 Å². The van der Waals surface area contributed by atoms with E-state index < -0.39 is 6.10 Å². The van der Waals surface area contributed by atoms with E-state index in [2.05, 4.69) is 28.3 Å². The molecule has 2 heterocycles. The highest BCUT2D eigenvalue weighted by molar-refractivity contribution is 7.18. The van der Waals surface area contributed by atoms with E-state index in [0.29, 0.717) is 17.1 Å². The average Bonchev–Trinajstić information content (AvgIpc) is 2.96. The lowest BCUT2D eigenvalue weighted by Crippen LogP contribution is -2.13. The van der Waals surface area contributed by atoms with Gasteiger partial charge < -0.3 is 10.4 Å². The Kier molecular flexibility index (Phi) is 4.57. The summed E-state index contributed by atoms with van der Waals surface area (Å²) >= 11 is 7.78. The molecule has 3 rings (SSSR count). The van der Waals surface area contributed by atoms with Gasteiger partial charge in [-0.05, 0) is 18.6 Å². The Labute approximate surface area is 137 Å². The van der Waals surface area contributed by atoms with Gasteiger partial charge in [-0.25, -0.2) is 9.97 Å². The first-order valence-corrected chi connectivity index (χ1v) is 8.28. The molecular weight excluding hydrogens is 318 g/mol. The van der Waals surface area contributed by atoms with Crippen LogP contribution in [-0.2, 0) is 6.42 Å². The monoisotopic (exact) mass is 333 g/mol. The van der Waals surface area contributed by atoms with Crippen molar-refractivity contribution in [1.82, 2.24) is 9.97 Å². The fourth-order valence-electron chi connectivity index (χ4n) is 2.27. The number of aliphatic hydroxyl groups is 1. The highest BCUT2D eigenvalue weighted by Crippen LogP contribution is 2.29. The van der Waals surface area contributed by atoms with Crippen LogP contribution in [0.15, 0.2) is 36.7 Å². The van der Waals surface area contributed by atoms with E-state index in [1.165, 1.54) is 4.88 Å². The maximum absolute atomic E-state index is 10.3. The number of fused-ring (bicyclic) bond motifs is 1. The van der Waals surface area contributed by atoms with Gasteiger partial charge in [-0.1, -0.05) is 36.7 Å². The SMILES string of the molecule is CCc1cc2c(NCC(O)c3ccccc3Cl)ncnc2s1. The summed E-state index contributed by atoms with van der Waals surface area (Å²) in [6.07, 6.45) is 1.83. The molecule has 6 heteroatoms. The Morgan fingerprint density at radius 1 is 1.32 bits per heavy atom. The minimum atomic E-state index is -0.692. The molecule has 2 aromatic heterocycles. The molecule has 0 aliphatic carbocycles.